The SMILES string of the molecule is COc1cc2c(cc1-c1cncc(C(N)=O)c1)-c1c(c(C(=O)N3CCC(=O)C3(C)C)nn1-c1cc(Cl)cc(Cl)c1)CC2. The van der Waals surface area contributed by atoms with Crippen molar-refractivity contribution in [2.75, 3.05) is 13.7 Å². The van der Waals surface area contributed by atoms with Crippen molar-refractivity contribution in [2.45, 2.75) is 38.6 Å². The number of nitrogens with zero attached hydrogens (tertiary/aromatic N) is 4. The summed E-state index contributed by atoms with van der Waals surface area (Å²) in [7, 11) is 1.58. The molecule has 214 valence electrons. The molecule has 0 unspecified atom stereocenters. The number of likely N-dealkylation sites (tertiary alicyclic amines) is 1. The van der Waals surface area contributed by atoms with Crippen LogP contribution in [-0.4, -0.2) is 56.5 Å². The van der Waals surface area contributed by atoms with Crippen molar-refractivity contribution in [3.05, 3.63) is 81.2 Å². The summed E-state index contributed by atoms with van der Waals surface area (Å²) < 4.78 is 7.44. The molecule has 2 aromatic heterocycles. The number of carbonyl (C=O) groups is 3. The van der Waals surface area contributed by atoms with Gasteiger partial charge in [0.25, 0.3) is 5.91 Å². The van der Waals surface area contributed by atoms with Crippen molar-refractivity contribution in [1.29, 1.82) is 0 Å². The third-order valence-electron chi connectivity index (χ3n) is 8.10. The molecule has 11 heteroatoms. The summed E-state index contributed by atoms with van der Waals surface area (Å²) in [5.74, 6) is -0.277. The lowest BCUT2D eigenvalue weighted by Crippen LogP contribution is -2.46. The van der Waals surface area contributed by atoms with Crippen molar-refractivity contribution in [3.63, 3.8) is 0 Å². The number of ether oxygens (including phenoxy) is 1. The average Bonchev–Trinajstić information content (AvgIpc) is 3.48. The molecule has 0 atom stereocenters. The summed E-state index contributed by atoms with van der Waals surface area (Å²) in [5.41, 5.74) is 10.4. The van der Waals surface area contributed by atoms with Crippen LogP contribution in [0.4, 0.5) is 0 Å². The van der Waals surface area contributed by atoms with Gasteiger partial charge in [0.1, 0.15) is 5.75 Å². The van der Waals surface area contributed by atoms with E-state index in [0.29, 0.717) is 64.1 Å². The normalized spacial score (nSPS) is 15.4. The number of hydrogen-bond acceptors (Lipinski definition) is 6. The van der Waals surface area contributed by atoms with Gasteiger partial charge in [-0.3, -0.25) is 19.4 Å². The minimum Gasteiger partial charge on any atom is -0.496 e. The number of hydrogen-bond donors (Lipinski definition) is 1. The molecule has 6 rings (SSSR count). The van der Waals surface area contributed by atoms with E-state index in [1.165, 1.54) is 6.20 Å². The second-order valence-corrected chi connectivity index (χ2v) is 11.8. The first-order chi connectivity index (χ1) is 20.0. The Hall–Kier alpha value is -4.21. The molecule has 1 aliphatic carbocycles. The number of methoxy groups -OCH3 is 1. The van der Waals surface area contributed by atoms with Crippen LogP contribution in [0.15, 0.2) is 48.8 Å². The van der Waals surface area contributed by atoms with Gasteiger partial charge in [-0.25, -0.2) is 4.68 Å². The molecule has 0 saturated carbocycles. The highest BCUT2D eigenvalue weighted by atomic mass is 35.5. The van der Waals surface area contributed by atoms with Crippen molar-refractivity contribution in [2.24, 2.45) is 5.73 Å². The fourth-order valence-corrected chi connectivity index (χ4v) is 6.36. The standard InChI is InChI=1S/C31H27Cl2N5O4/c1-31(2)26(39)6-7-37(31)30(41)27-22-5-4-16-9-25(42-3)23(17-8-18(29(34)40)15-35-14-17)13-24(16)28(22)38(36-27)21-11-19(32)10-20(33)12-21/h8-15H,4-7H2,1-3H3,(H2,34,40). The van der Waals surface area contributed by atoms with Crippen LogP contribution in [0, 0.1) is 0 Å². The average molecular weight is 604 g/mol. The fraction of sp³-hybridized carbons (Fsp3) is 0.258. The van der Waals surface area contributed by atoms with E-state index in [0.717, 1.165) is 16.7 Å². The smallest absolute Gasteiger partial charge is 0.275 e. The molecule has 3 heterocycles. The van der Waals surface area contributed by atoms with Crippen LogP contribution < -0.4 is 10.5 Å². The molecule has 1 aliphatic heterocycles. The van der Waals surface area contributed by atoms with Crippen molar-refractivity contribution in [1.82, 2.24) is 19.7 Å². The number of pyridine rings is 1. The van der Waals surface area contributed by atoms with Gasteiger partial charge in [0.05, 0.1) is 29.6 Å². The Balaban J connectivity index is 1.60. The van der Waals surface area contributed by atoms with E-state index >= 15 is 0 Å². The molecule has 4 aromatic rings. The number of primary amides is 1. The van der Waals surface area contributed by atoms with Crippen LogP contribution in [0.25, 0.3) is 28.1 Å². The second-order valence-electron chi connectivity index (χ2n) is 10.9. The van der Waals surface area contributed by atoms with Crippen LogP contribution in [-0.2, 0) is 17.6 Å². The summed E-state index contributed by atoms with van der Waals surface area (Å²) in [6.07, 6.45) is 4.52. The number of rotatable bonds is 5. The zero-order valence-corrected chi connectivity index (χ0v) is 24.7. The highest BCUT2D eigenvalue weighted by molar-refractivity contribution is 6.34. The lowest BCUT2D eigenvalue weighted by molar-refractivity contribution is -0.123. The van der Waals surface area contributed by atoms with Crippen molar-refractivity contribution >= 4 is 40.8 Å². The Bertz CT molecular complexity index is 1790. The first kappa shape index (κ1) is 27.9. The Morgan fingerprint density at radius 2 is 1.71 bits per heavy atom. The van der Waals surface area contributed by atoms with E-state index in [1.54, 1.807) is 61.0 Å². The van der Waals surface area contributed by atoms with E-state index in [4.69, 9.17) is 38.8 Å². The number of carbonyl (C=O) groups excluding carboxylic acids is 3. The Kier molecular flexibility index (Phi) is 6.82. The third kappa shape index (κ3) is 4.53. The number of aromatic nitrogens is 3. The van der Waals surface area contributed by atoms with Crippen LogP contribution in [0.5, 0.6) is 5.75 Å². The Morgan fingerprint density at radius 1 is 0.976 bits per heavy atom. The van der Waals surface area contributed by atoms with Crippen LogP contribution in [0.2, 0.25) is 10.0 Å². The molecule has 0 radical (unpaired) electrons. The zero-order valence-electron chi connectivity index (χ0n) is 23.2. The second kappa shape index (κ2) is 10.3. The monoisotopic (exact) mass is 603 g/mol. The molecule has 2 amide bonds. The lowest BCUT2D eigenvalue weighted by Gasteiger charge is -2.29. The Labute approximate surface area is 252 Å². The number of ketones is 1. The van der Waals surface area contributed by atoms with Gasteiger partial charge < -0.3 is 15.4 Å². The molecule has 1 fully saturated rings. The van der Waals surface area contributed by atoms with Gasteiger partial charge in [-0.15, -0.1) is 0 Å². The van der Waals surface area contributed by atoms with Gasteiger partial charge in [0.2, 0.25) is 5.91 Å². The quantitative estimate of drug-likeness (QED) is 0.330. The predicted octanol–water partition coefficient (Wildman–Crippen LogP) is 5.31. The molecule has 1 saturated heterocycles. The number of amides is 2. The van der Waals surface area contributed by atoms with E-state index < -0.39 is 11.4 Å². The van der Waals surface area contributed by atoms with Crippen LogP contribution in [0.3, 0.4) is 0 Å². The van der Waals surface area contributed by atoms with Crippen molar-refractivity contribution < 1.29 is 19.1 Å². The number of fused-ring (bicyclic) bond motifs is 3. The number of aryl methyl sites for hydroxylation is 1. The summed E-state index contributed by atoms with van der Waals surface area (Å²) in [6.45, 7) is 3.86. The highest BCUT2D eigenvalue weighted by Gasteiger charge is 2.45. The summed E-state index contributed by atoms with van der Waals surface area (Å²) >= 11 is 12.8. The number of nitrogens with two attached hydrogens (primary N) is 1. The maximum absolute atomic E-state index is 14.0. The summed E-state index contributed by atoms with van der Waals surface area (Å²) in [4.78, 5) is 44.3. The van der Waals surface area contributed by atoms with E-state index in [1.807, 2.05) is 12.1 Å². The van der Waals surface area contributed by atoms with Gasteiger partial charge in [-0.05, 0) is 68.7 Å². The molecule has 9 nitrogen and oxygen atoms in total. The number of halogens is 2. The minimum atomic E-state index is -0.932. The van der Waals surface area contributed by atoms with Crippen LogP contribution >= 0.6 is 23.2 Å². The molecule has 42 heavy (non-hydrogen) atoms. The lowest BCUT2D eigenvalue weighted by atomic mass is 9.86. The Morgan fingerprint density at radius 3 is 2.36 bits per heavy atom. The maximum atomic E-state index is 14.0. The fourth-order valence-electron chi connectivity index (χ4n) is 5.84. The molecule has 0 spiro atoms. The van der Waals surface area contributed by atoms with Gasteiger partial charge >= 0.3 is 0 Å². The van der Waals surface area contributed by atoms with E-state index in [2.05, 4.69) is 4.98 Å². The largest absolute Gasteiger partial charge is 0.496 e. The van der Waals surface area contributed by atoms with Gasteiger partial charge in [0, 0.05) is 57.7 Å². The first-order valence-electron chi connectivity index (χ1n) is 13.4. The topological polar surface area (TPSA) is 120 Å². The molecule has 2 N–H and O–H groups in total. The maximum Gasteiger partial charge on any atom is 0.275 e. The molecule has 2 aliphatic rings. The molecule has 2 aromatic carbocycles. The summed E-state index contributed by atoms with van der Waals surface area (Å²) in [5, 5.41) is 5.69. The van der Waals surface area contributed by atoms with Crippen molar-refractivity contribution in [3.8, 4) is 33.8 Å². The van der Waals surface area contributed by atoms with Gasteiger partial charge in [-0.1, -0.05) is 23.2 Å². The number of Topliss-reactive ketones (excluding diaryl/α,β-unsaturated/α-hetero) is 1. The van der Waals surface area contributed by atoms with E-state index in [9.17, 15) is 14.4 Å². The molecular formula is C31H27Cl2N5O4. The predicted molar refractivity (Wildman–Crippen MR) is 159 cm³/mol. The van der Waals surface area contributed by atoms with Gasteiger partial charge in [-0.2, -0.15) is 5.10 Å². The minimum absolute atomic E-state index is 0.0136. The van der Waals surface area contributed by atoms with Gasteiger partial charge in [0.15, 0.2) is 11.5 Å². The highest BCUT2D eigenvalue weighted by Crippen LogP contribution is 2.44. The molecular weight excluding hydrogens is 577 g/mol. The van der Waals surface area contributed by atoms with Crippen LogP contribution in [0.1, 0.15) is 52.2 Å². The zero-order chi connectivity index (χ0) is 29.9. The molecule has 0 bridgehead atoms. The third-order valence-corrected chi connectivity index (χ3v) is 8.54. The first-order valence-corrected chi connectivity index (χ1v) is 14.2. The van der Waals surface area contributed by atoms with E-state index in [-0.39, 0.29) is 22.9 Å². The number of benzene rings is 2. The summed E-state index contributed by atoms with van der Waals surface area (Å²) in [6, 6.07) is 10.7.